The van der Waals surface area contributed by atoms with Crippen molar-refractivity contribution in [2.45, 2.75) is 65.9 Å². The minimum absolute atomic E-state index is 0.0990. The zero-order valence-corrected chi connectivity index (χ0v) is 15.3. The lowest BCUT2D eigenvalue weighted by Crippen LogP contribution is -2.50. The molecule has 1 fully saturated rings. The van der Waals surface area contributed by atoms with Crippen molar-refractivity contribution in [3.63, 3.8) is 0 Å². The molecule has 0 aliphatic carbocycles. The van der Waals surface area contributed by atoms with Gasteiger partial charge in [0.25, 0.3) is 0 Å². The summed E-state index contributed by atoms with van der Waals surface area (Å²) in [5.74, 6) is 0.103. The van der Waals surface area contributed by atoms with Gasteiger partial charge in [0, 0.05) is 17.7 Å². The van der Waals surface area contributed by atoms with Crippen molar-refractivity contribution in [3.05, 3.63) is 29.6 Å². The molecule has 129 valence electrons. The van der Waals surface area contributed by atoms with Gasteiger partial charge in [0.15, 0.2) is 0 Å². The number of rotatable bonds is 3. The van der Waals surface area contributed by atoms with E-state index < -0.39 is 0 Å². The first-order valence-electron chi connectivity index (χ1n) is 8.26. The fraction of sp³-hybridized carbons (Fsp3) is 0.667. The van der Waals surface area contributed by atoms with Crippen LogP contribution in [0, 0.1) is 11.2 Å². The van der Waals surface area contributed by atoms with Crippen LogP contribution >= 0.6 is 0 Å². The molecule has 0 spiro atoms. The van der Waals surface area contributed by atoms with Gasteiger partial charge in [0.05, 0.1) is 5.60 Å². The number of anilines is 1. The van der Waals surface area contributed by atoms with Crippen molar-refractivity contribution < 1.29 is 13.7 Å². The van der Waals surface area contributed by atoms with Gasteiger partial charge in [0.2, 0.25) is 0 Å². The summed E-state index contributed by atoms with van der Waals surface area (Å²) < 4.78 is 23.8. The van der Waals surface area contributed by atoms with Gasteiger partial charge in [-0.2, -0.15) is 0 Å². The molecule has 0 bridgehead atoms. The van der Waals surface area contributed by atoms with Crippen LogP contribution in [0.3, 0.4) is 0 Å². The maximum absolute atomic E-state index is 13.3. The fourth-order valence-electron chi connectivity index (χ4n) is 2.26. The van der Waals surface area contributed by atoms with E-state index in [0.29, 0.717) is 5.69 Å². The van der Waals surface area contributed by atoms with Crippen molar-refractivity contribution in [1.29, 1.82) is 0 Å². The summed E-state index contributed by atoms with van der Waals surface area (Å²) in [6, 6.07) is 4.93. The first-order chi connectivity index (χ1) is 10.6. The largest absolute Gasteiger partial charge is 0.488 e. The van der Waals surface area contributed by atoms with Gasteiger partial charge in [0.1, 0.15) is 5.82 Å². The summed E-state index contributed by atoms with van der Waals surface area (Å²) in [4.78, 5) is 0. The number of hydrogen-bond acceptors (Lipinski definition) is 3. The van der Waals surface area contributed by atoms with Crippen molar-refractivity contribution in [2.24, 2.45) is 5.41 Å². The Balaban J connectivity index is 0.000000238. The summed E-state index contributed by atoms with van der Waals surface area (Å²) in [7, 11) is 1.44. The topological polar surface area (TPSA) is 44.5 Å². The third-order valence-electron chi connectivity index (χ3n) is 4.76. The van der Waals surface area contributed by atoms with Crippen LogP contribution in [0.15, 0.2) is 18.2 Å². The maximum Gasteiger partial charge on any atom is 0.488 e. The van der Waals surface area contributed by atoms with Crippen LogP contribution in [0.25, 0.3) is 0 Å². The van der Waals surface area contributed by atoms with E-state index in [2.05, 4.69) is 34.6 Å². The van der Waals surface area contributed by atoms with Gasteiger partial charge in [-0.05, 0) is 43.9 Å². The molecule has 1 aromatic carbocycles. The Morgan fingerprint density at radius 1 is 1.30 bits per heavy atom. The molecular weight excluding hydrogens is 292 g/mol. The zero-order chi connectivity index (χ0) is 17.7. The van der Waals surface area contributed by atoms with E-state index in [4.69, 9.17) is 15.0 Å². The van der Waals surface area contributed by atoms with E-state index in [1.54, 1.807) is 12.1 Å². The fourth-order valence-corrected chi connectivity index (χ4v) is 2.26. The third-order valence-corrected chi connectivity index (χ3v) is 4.76. The van der Waals surface area contributed by atoms with Crippen molar-refractivity contribution in [1.82, 2.24) is 0 Å². The van der Waals surface area contributed by atoms with Gasteiger partial charge >= 0.3 is 7.69 Å². The molecule has 0 amide bonds. The molecule has 1 aromatic rings. The summed E-state index contributed by atoms with van der Waals surface area (Å²) >= 11 is 0. The molecule has 3 nitrogen and oxygen atoms in total. The highest BCUT2D eigenvalue weighted by molar-refractivity contribution is 6.18. The SMILES string of the molecule is CC1(C)CO[B]OC1(C)C.CCCC(C)c1ccc(N)cc1F. The molecule has 1 radical (unpaired) electrons. The summed E-state index contributed by atoms with van der Waals surface area (Å²) in [6.07, 6.45) is 2.09. The maximum atomic E-state index is 13.3. The Labute approximate surface area is 141 Å². The van der Waals surface area contributed by atoms with Gasteiger partial charge in [-0.25, -0.2) is 4.39 Å². The van der Waals surface area contributed by atoms with Gasteiger partial charge < -0.3 is 15.0 Å². The molecule has 1 saturated heterocycles. The third kappa shape index (κ3) is 5.50. The summed E-state index contributed by atoms with van der Waals surface area (Å²) in [6.45, 7) is 13.3. The second-order valence-electron chi connectivity index (χ2n) is 7.39. The van der Waals surface area contributed by atoms with Crippen LogP contribution in [0.2, 0.25) is 0 Å². The Morgan fingerprint density at radius 2 is 1.96 bits per heavy atom. The number of nitrogens with two attached hydrogens (primary N) is 1. The molecular formula is C18H30BFNO2. The van der Waals surface area contributed by atoms with Crippen LogP contribution in [0.5, 0.6) is 0 Å². The number of benzene rings is 1. The molecule has 1 atom stereocenters. The van der Waals surface area contributed by atoms with E-state index in [-0.39, 0.29) is 22.8 Å². The van der Waals surface area contributed by atoms with E-state index in [9.17, 15) is 4.39 Å². The van der Waals surface area contributed by atoms with Crippen LogP contribution in [0.4, 0.5) is 10.1 Å². The second-order valence-corrected chi connectivity index (χ2v) is 7.39. The first-order valence-corrected chi connectivity index (χ1v) is 8.26. The monoisotopic (exact) mass is 322 g/mol. The molecule has 2 N–H and O–H groups in total. The summed E-state index contributed by atoms with van der Waals surface area (Å²) in [5, 5.41) is 0. The number of nitrogen functional groups attached to an aromatic ring is 1. The van der Waals surface area contributed by atoms with Gasteiger partial charge in [-0.1, -0.05) is 40.2 Å². The highest BCUT2D eigenvalue weighted by atomic mass is 19.1. The minimum Gasteiger partial charge on any atom is -0.413 e. The van der Waals surface area contributed by atoms with Crippen molar-refractivity contribution in [2.75, 3.05) is 12.3 Å². The lowest BCUT2D eigenvalue weighted by Gasteiger charge is -2.44. The van der Waals surface area contributed by atoms with Crippen LogP contribution in [-0.4, -0.2) is 19.9 Å². The normalized spacial score (nSPS) is 20.0. The molecule has 1 heterocycles. The molecule has 1 unspecified atom stereocenters. The molecule has 0 saturated carbocycles. The Kier molecular flexibility index (Phi) is 7.09. The first kappa shape index (κ1) is 20.0. The molecule has 0 aromatic heterocycles. The molecule has 5 heteroatoms. The predicted molar refractivity (Wildman–Crippen MR) is 94.8 cm³/mol. The minimum atomic E-state index is -0.180. The van der Waals surface area contributed by atoms with Crippen LogP contribution < -0.4 is 5.73 Å². The number of hydrogen-bond donors (Lipinski definition) is 1. The predicted octanol–water partition coefficient (Wildman–Crippen LogP) is 4.68. The molecule has 1 aliphatic rings. The van der Waals surface area contributed by atoms with Gasteiger partial charge in [-0.3, -0.25) is 0 Å². The quantitative estimate of drug-likeness (QED) is 0.649. The molecule has 23 heavy (non-hydrogen) atoms. The average molecular weight is 322 g/mol. The lowest BCUT2D eigenvalue weighted by atomic mass is 9.76. The number of halogens is 1. The van der Waals surface area contributed by atoms with Crippen molar-refractivity contribution in [3.8, 4) is 0 Å². The highest BCUT2D eigenvalue weighted by Gasteiger charge is 2.41. The van der Waals surface area contributed by atoms with E-state index >= 15 is 0 Å². The zero-order valence-electron chi connectivity index (χ0n) is 15.3. The van der Waals surface area contributed by atoms with Crippen LogP contribution in [-0.2, 0) is 9.31 Å². The van der Waals surface area contributed by atoms with Gasteiger partial charge in [-0.15, -0.1) is 0 Å². The van der Waals surface area contributed by atoms with Crippen LogP contribution in [0.1, 0.15) is 65.9 Å². The summed E-state index contributed by atoms with van der Waals surface area (Å²) in [5.41, 5.74) is 6.72. The van der Waals surface area contributed by atoms with E-state index in [1.807, 2.05) is 6.92 Å². The van der Waals surface area contributed by atoms with E-state index in [0.717, 1.165) is 25.0 Å². The van der Waals surface area contributed by atoms with Crippen molar-refractivity contribution >= 4 is 13.4 Å². The molecule has 1 aliphatic heterocycles. The smallest absolute Gasteiger partial charge is 0.413 e. The Morgan fingerprint density at radius 3 is 2.39 bits per heavy atom. The molecule has 2 rings (SSSR count). The highest BCUT2D eigenvalue weighted by Crippen LogP contribution is 2.36. The second kappa shape index (κ2) is 8.16. The average Bonchev–Trinajstić information content (AvgIpc) is 2.43. The standard InChI is InChI=1S/C11H16FN.C7H14BO2/c1-3-4-8(2)10-6-5-9(13)7-11(10)12;1-6(2)5-9-8-10-7(6,3)4/h5-8H,3-4,13H2,1-2H3;5H2,1-4H3. The Bertz CT molecular complexity index is 490. The lowest BCUT2D eigenvalue weighted by molar-refractivity contribution is -0.0873. The van der Waals surface area contributed by atoms with E-state index in [1.165, 1.54) is 13.8 Å². The Hall–Kier alpha value is -1.07.